The summed E-state index contributed by atoms with van der Waals surface area (Å²) in [5.74, 6) is 0.353. The van der Waals surface area contributed by atoms with Gasteiger partial charge in [0.15, 0.2) is 17.8 Å². The van der Waals surface area contributed by atoms with Crippen LogP contribution >= 0.6 is 0 Å². The number of hydrogen-bond acceptors (Lipinski definition) is 12. The summed E-state index contributed by atoms with van der Waals surface area (Å²) in [6, 6.07) is 2.41. The highest BCUT2D eigenvalue weighted by Crippen LogP contribution is 2.28. The molecule has 1 saturated carbocycles. The molecule has 3 rings (SSSR count). The molecule has 32 heavy (non-hydrogen) atoms. The van der Waals surface area contributed by atoms with Crippen LogP contribution in [0.5, 0.6) is 11.5 Å². The van der Waals surface area contributed by atoms with Crippen molar-refractivity contribution in [2.45, 2.75) is 74.0 Å². The third kappa shape index (κ3) is 5.31. The Bertz CT molecular complexity index is 758. The van der Waals surface area contributed by atoms with Crippen LogP contribution in [-0.2, 0) is 16.0 Å². The maximum absolute atomic E-state index is 10.4. The summed E-state index contributed by atoms with van der Waals surface area (Å²) in [5, 5.41) is 53.9. The Morgan fingerprint density at radius 3 is 2.44 bits per heavy atom. The number of rotatable bonds is 7. The second-order valence-corrected chi connectivity index (χ2v) is 8.38. The van der Waals surface area contributed by atoms with Gasteiger partial charge in [-0.15, -0.1) is 0 Å². The minimum Gasteiger partial charge on any atom is -0.504 e. The number of aliphatic hydroxyl groups is 4. The van der Waals surface area contributed by atoms with Gasteiger partial charge in [0.2, 0.25) is 0 Å². The second-order valence-electron chi connectivity index (χ2n) is 8.38. The van der Waals surface area contributed by atoms with Crippen LogP contribution in [0.3, 0.4) is 0 Å². The van der Waals surface area contributed by atoms with Crippen molar-refractivity contribution in [2.75, 3.05) is 13.7 Å². The molecule has 1 heterocycles. The molecular weight excluding hydrogens is 424 g/mol. The third-order valence-corrected chi connectivity index (χ3v) is 6.05. The molecule has 0 unspecified atom stereocenters. The fraction of sp³-hybridized carbons (Fsp3) is 0.700. The van der Waals surface area contributed by atoms with Crippen LogP contribution in [0.1, 0.15) is 12.0 Å². The van der Waals surface area contributed by atoms with Crippen molar-refractivity contribution in [2.24, 2.45) is 17.2 Å². The predicted octanol–water partition coefficient (Wildman–Crippen LogP) is -3.57. The molecular formula is C20H34N4O8. The summed E-state index contributed by atoms with van der Waals surface area (Å²) in [6.45, 7) is 0.508. The van der Waals surface area contributed by atoms with Crippen LogP contribution in [0.2, 0.25) is 0 Å². The molecule has 12 heteroatoms. The first-order valence-electron chi connectivity index (χ1n) is 10.5. The third-order valence-electron chi connectivity index (χ3n) is 6.05. The normalized spacial score (nSPS) is 40.2. The lowest BCUT2D eigenvalue weighted by Crippen LogP contribution is -2.67. The van der Waals surface area contributed by atoms with Crippen molar-refractivity contribution in [3.63, 3.8) is 0 Å². The summed E-state index contributed by atoms with van der Waals surface area (Å²) in [6.07, 6.45) is -8.06. The van der Waals surface area contributed by atoms with Gasteiger partial charge >= 0.3 is 0 Å². The topological polar surface area (TPSA) is 219 Å². The summed E-state index contributed by atoms with van der Waals surface area (Å²) in [4.78, 5) is 0. The van der Waals surface area contributed by atoms with Crippen molar-refractivity contribution in [1.82, 2.24) is 5.32 Å². The smallest absolute Gasteiger partial charge is 0.176 e. The summed E-state index contributed by atoms with van der Waals surface area (Å²) in [5.41, 5.74) is 18.6. The molecule has 1 aromatic rings. The lowest BCUT2D eigenvalue weighted by atomic mass is 9.84. The van der Waals surface area contributed by atoms with Crippen molar-refractivity contribution in [3.8, 4) is 11.5 Å². The highest BCUT2D eigenvalue weighted by molar-refractivity contribution is 5.41. The molecule has 1 aliphatic carbocycles. The van der Waals surface area contributed by atoms with Gasteiger partial charge in [0.1, 0.15) is 30.5 Å². The van der Waals surface area contributed by atoms with Crippen LogP contribution in [0.15, 0.2) is 18.2 Å². The number of nitrogens with two attached hydrogens (primary N) is 3. The molecule has 2 fully saturated rings. The summed E-state index contributed by atoms with van der Waals surface area (Å²) < 4.78 is 16.6. The summed E-state index contributed by atoms with van der Waals surface area (Å²) in [7, 11) is 1.45. The number of phenolic OH excluding ortho intramolecular Hbond substituents is 1. The highest BCUT2D eigenvalue weighted by atomic mass is 16.7. The number of aliphatic hydroxyl groups excluding tert-OH is 4. The van der Waals surface area contributed by atoms with E-state index in [0.29, 0.717) is 12.3 Å². The van der Waals surface area contributed by atoms with E-state index < -0.39 is 61.0 Å². The van der Waals surface area contributed by atoms with Gasteiger partial charge in [0.05, 0.1) is 19.3 Å². The average molecular weight is 459 g/mol. The van der Waals surface area contributed by atoms with E-state index in [9.17, 15) is 25.5 Å². The van der Waals surface area contributed by atoms with Gasteiger partial charge in [-0.25, -0.2) is 0 Å². The van der Waals surface area contributed by atoms with E-state index in [1.54, 1.807) is 12.1 Å². The van der Waals surface area contributed by atoms with Gasteiger partial charge < -0.3 is 62.3 Å². The van der Waals surface area contributed by atoms with Crippen LogP contribution in [0.25, 0.3) is 0 Å². The molecule has 0 aromatic heterocycles. The highest BCUT2D eigenvalue weighted by Gasteiger charge is 2.48. The van der Waals surface area contributed by atoms with E-state index in [1.807, 2.05) is 0 Å². The van der Waals surface area contributed by atoms with E-state index in [1.165, 1.54) is 13.2 Å². The van der Waals surface area contributed by atoms with E-state index in [4.69, 9.17) is 31.4 Å². The Morgan fingerprint density at radius 1 is 1.03 bits per heavy atom. The number of benzene rings is 1. The fourth-order valence-corrected chi connectivity index (χ4v) is 4.06. The quantitative estimate of drug-likeness (QED) is 0.194. The molecule has 182 valence electrons. The first-order chi connectivity index (χ1) is 15.1. The van der Waals surface area contributed by atoms with Crippen LogP contribution in [0.4, 0.5) is 0 Å². The Hall–Kier alpha value is -1.58. The van der Waals surface area contributed by atoms with Crippen molar-refractivity contribution >= 4 is 0 Å². The Labute approximate surface area is 185 Å². The lowest BCUT2D eigenvalue weighted by molar-refractivity contribution is -0.288. The molecule has 12 nitrogen and oxygen atoms in total. The molecule has 0 amide bonds. The largest absolute Gasteiger partial charge is 0.504 e. The average Bonchev–Trinajstić information content (AvgIpc) is 2.77. The Kier molecular flexibility index (Phi) is 8.27. The zero-order chi connectivity index (χ0) is 23.6. The monoisotopic (exact) mass is 458 g/mol. The molecule has 0 radical (unpaired) electrons. The fourth-order valence-electron chi connectivity index (χ4n) is 4.06. The number of hydrogen-bond donors (Lipinski definition) is 9. The zero-order valence-corrected chi connectivity index (χ0v) is 17.8. The minimum atomic E-state index is -1.35. The molecule has 1 aliphatic heterocycles. The summed E-state index contributed by atoms with van der Waals surface area (Å²) >= 11 is 0. The van der Waals surface area contributed by atoms with E-state index in [-0.39, 0.29) is 18.7 Å². The predicted molar refractivity (Wildman–Crippen MR) is 112 cm³/mol. The van der Waals surface area contributed by atoms with Crippen molar-refractivity contribution in [1.29, 1.82) is 0 Å². The van der Waals surface area contributed by atoms with Gasteiger partial charge in [-0.3, -0.25) is 0 Å². The van der Waals surface area contributed by atoms with Gasteiger partial charge in [0, 0.05) is 25.2 Å². The number of nitrogens with one attached hydrogen (secondary N) is 1. The molecule has 0 bridgehead atoms. The molecule has 10 atom stereocenters. The maximum Gasteiger partial charge on any atom is 0.176 e. The van der Waals surface area contributed by atoms with E-state index in [0.717, 1.165) is 5.56 Å². The molecule has 12 N–H and O–H groups in total. The SMILES string of the molecule is COc1cc(CNC[C@H]2O[C@H](O[C@H]3[C@H](O)[C@@H](O)[C@H](N)C[C@@H]3N)[C@H](N)[C@@H](O)[C@@H]2O)ccc1O. The number of methoxy groups -OCH3 is 1. The lowest BCUT2D eigenvalue weighted by Gasteiger charge is -2.46. The van der Waals surface area contributed by atoms with Crippen LogP contribution in [0, 0.1) is 0 Å². The van der Waals surface area contributed by atoms with Crippen molar-refractivity contribution in [3.05, 3.63) is 23.8 Å². The van der Waals surface area contributed by atoms with E-state index >= 15 is 0 Å². The van der Waals surface area contributed by atoms with Crippen LogP contribution in [-0.4, -0.2) is 100 Å². The Balaban J connectivity index is 1.61. The second kappa shape index (κ2) is 10.6. The Morgan fingerprint density at radius 2 is 1.75 bits per heavy atom. The van der Waals surface area contributed by atoms with Gasteiger partial charge in [0.25, 0.3) is 0 Å². The molecule has 0 spiro atoms. The zero-order valence-electron chi connectivity index (χ0n) is 17.8. The van der Waals surface area contributed by atoms with Gasteiger partial charge in [-0.1, -0.05) is 6.07 Å². The first kappa shape index (κ1) is 25.1. The minimum absolute atomic E-state index is 0.0218. The number of ether oxygens (including phenoxy) is 3. The van der Waals surface area contributed by atoms with E-state index in [2.05, 4.69) is 5.32 Å². The maximum atomic E-state index is 10.4. The van der Waals surface area contributed by atoms with Crippen LogP contribution < -0.4 is 27.3 Å². The van der Waals surface area contributed by atoms with Gasteiger partial charge in [-0.05, 0) is 24.1 Å². The first-order valence-corrected chi connectivity index (χ1v) is 10.5. The molecule has 2 aliphatic rings. The van der Waals surface area contributed by atoms with Crippen molar-refractivity contribution < 1.29 is 39.7 Å². The van der Waals surface area contributed by atoms with Gasteiger partial charge in [-0.2, -0.15) is 0 Å². The number of phenols is 1. The standard InChI is InChI=1S/C20H34N4O8/c1-30-12-4-8(2-3-11(12)25)6-24-7-13-16(27)17(28)14(23)20(31-13)32-19-10(22)5-9(21)15(26)18(19)29/h2-4,9-10,13-20,24-29H,5-7,21-23H2,1H3/t9-,10+,13-,14-,15+,16-,17-,18-,19-,20-/m1/s1. The molecule has 1 saturated heterocycles. The number of aromatic hydroxyl groups is 1. The molecule has 1 aromatic carbocycles.